The van der Waals surface area contributed by atoms with Gasteiger partial charge in [0.1, 0.15) is 12.4 Å². The fourth-order valence-electron chi connectivity index (χ4n) is 4.37. The summed E-state index contributed by atoms with van der Waals surface area (Å²) in [6, 6.07) is 9.76. The Morgan fingerprint density at radius 1 is 1.24 bits per heavy atom. The van der Waals surface area contributed by atoms with Crippen molar-refractivity contribution in [2.75, 3.05) is 13.7 Å². The van der Waals surface area contributed by atoms with Crippen LogP contribution >= 0.6 is 11.6 Å². The van der Waals surface area contributed by atoms with Gasteiger partial charge in [-0.25, -0.2) is 9.18 Å². The number of nitrogens with one attached hydrogen (secondary N) is 1. The molecule has 1 fully saturated rings. The summed E-state index contributed by atoms with van der Waals surface area (Å²) in [6.45, 7) is 2.27. The average molecular weight is 486 g/mol. The summed E-state index contributed by atoms with van der Waals surface area (Å²) >= 11 is 5.87. The van der Waals surface area contributed by atoms with E-state index in [4.69, 9.17) is 16.3 Å². The first-order chi connectivity index (χ1) is 16.3. The third-order valence-electron chi connectivity index (χ3n) is 6.12. The molecule has 3 aromatic rings. The summed E-state index contributed by atoms with van der Waals surface area (Å²) in [5, 5.41) is 3.98. The molecule has 0 spiro atoms. The normalized spacial score (nSPS) is 15.6. The summed E-state index contributed by atoms with van der Waals surface area (Å²) in [4.78, 5) is 39.1. The number of ether oxygens (including phenoxy) is 1. The van der Waals surface area contributed by atoms with Crippen molar-refractivity contribution in [1.29, 1.82) is 0 Å². The Morgan fingerprint density at radius 2 is 2.03 bits per heavy atom. The van der Waals surface area contributed by atoms with Crippen molar-refractivity contribution in [3.63, 3.8) is 0 Å². The highest BCUT2D eigenvalue weighted by atomic mass is 35.5. The van der Waals surface area contributed by atoms with Crippen LogP contribution in [-0.4, -0.2) is 46.9 Å². The lowest BCUT2D eigenvalue weighted by Gasteiger charge is -2.26. The van der Waals surface area contributed by atoms with E-state index >= 15 is 0 Å². The predicted molar refractivity (Wildman–Crippen MR) is 126 cm³/mol. The van der Waals surface area contributed by atoms with Crippen molar-refractivity contribution in [1.82, 2.24) is 14.8 Å². The molecule has 2 heterocycles. The van der Waals surface area contributed by atoms with Crippen LogP contribution in [0.5, 0.6) is 0 Å². The maximum absolute atomic E-state index is 14.2. The second-order valence-electron chi connectivity index (χ2n) is 8.29. The predicted octanol–water partition coefficient (Wildman–Crippen LogP) is 4.16. The Bertz CT molecular complexity index is 1270. The first kappa shape index (κ1) is 23.9. The molecule has 1 aliphatic rings. The molecule has 1 atom stereocenters. The molecule has 2 aromatic carbocycles. The molecule has 9 heteroatoms. The molecule has 1 aliphatic heterocycles. The first-order valence-electron chi connectivity index (χ1n) is 11.0. The molecule has 0 aliphatic carbocycles. The standard InChI is InChI=1S/C25H25ClFN3O4/c1-15(31)19-13-29(21-11-16(25(33)34-2)8-9-18(19)21)14-23(32)30-10-4-7-22(30)28-12-17-5-3-6-20(26)24(17)27/h3,5-6,8-9,11,13,22,28H,4,7,10,12,14H2,1-2H3. The van der Waals surface area contributed by atoms with Crippen LogP contribution in [0, 0.1) is 5.82 Å². The number of hydrogen-bond acceptors (Lipinski definition) is 5. The van der Waals surface area contributed by atoms with Crippen LogP contribution in [0.3, 0.4) is 0 Å². The van der Waals surface area contributed by atoms with Crippen LogP contribution < -0.4 is 5.32 Å². The van der Waals surface area contributed by atoms with Crippen LogP contribution in [0.4, 0.5) is 4.39 Å². The van der Waals surface area contributed by atoms with Crippen molar-refractivity contribution in [2.45, 2.75) is 39.0 Å². The molecule has 7 nitrogen and oxygen atoms in total. The van der Waals surface area contributed by atoms with Gasteiger partial charge < -0.3 is 14.2 Å². The van der Waals surface area contributed by atoms with Gasteiger partial charge in [-0.3, -0.25) is 14.9 Å². The maximum Gasteiger partial charge on any atom is 0.337 e. The van der Waals surface area contributed by atoms with Crippen molar-refractivity contribution in [2.24, 2.45) is 0 Å². The minimum atomic E-state index is -0.498. The Balaban J connectivity index is 1.55. The molecule has 0 saturated carbocycles. The van der Waals surface area contributed by atoms with E-state index in [2.05, 4.69) is 5.32 Å². The van der Waals surface area contributed by atoms with E-state index in [9.17, 15) is 18.8 Å². The van der Waals surface area contributed by atoms with E-state index in [0.29, 0.717) is 34.1 Å². The number of carbonyl (C=O) groups is 3. The summed E-state index contributed by atoms with van der Waals surface area (Å²) in [6.07, 6.45) is 2.96. The molecule has 0 bridgehead atoms. The minimum Gasteiger partial charge on any atom is -0.465 e. The Labute approximate surface area is 201 Å². The van der Waals surface area contributed by atoms with E-state index in [1.165, 1.54) is 20.1 Å². The van der Waals surface area contributed by atoms with Gasteiger partial charge in [-0.05, 0) is 38.0 Å². The molecular formula is C25H25ClFN3O4. The highest BCUT2D eigenvalue weighted by Crippen LogP contribution is 2.25. The Hall–Kier alpha value is -3.23. The third kappa shape index (κ3) is 4.69. The van der Waals surface area contributed by atoms with E-state index < -0.39 is 11.8 Å². The van der Waals surface area contributed by atoms with Crippen LogP contribution in [-0.2, 0) is 22.6 Å². The highest BCUT2D eigenvalue weighted by molar-refractivity contribution is 6.30. The number of ketones is 1. The lowest BCUT2D eigenvalue weighted by Crippen LogP contribution is -2.45. The van der Waals surface area contributed by atoms with Gasteiger partial charge in [-0.1, -0.05) is 29.8 Å². The van der Waals surface area contributed by atoms with Gasteiger partial charge >= 0.3 is 5.97 Å². The highest BCUT2D eigenvalue weighted by Gasteiger charge is 2.29. The molecule has 0 radical (unpaired) electrons. The van der Waals surface area contributed by atoms with Crippen molar-refractivity contribution in [3.8, 4) is 0 Å². The largest absolute Gasteiger partial charge is 0.465 e. The fraction of sp³-hybridized carbons (Fsp3) is 0.320. The number of methoxy groups -OCH3 is 1. The zero-order valence-corrected chi connectivity index (χ0v) is 19.7. The third-order valence-corrected chi connectivity index (χ3v) is 6.41. The second-order valence-corrected chi connectivity index (χ2v) is 8.70. The molecule has 178 valence electrons. The van der Waals surface area contributed by atoms with Gasteiger partial charge in [0.25, 0.3) is 0 Å². The number of halogens is 2. The Kier molecular flexibility index (Phi) is 7.00. The van der Waals surface area contributed by atoms with Gasteiger partial charge in [0.05, 0.1) is 29.4 Å². The fourth-order valence-corrected chi connectivity index (χ4v) is 4.57. The van der Waals surface area contributed by atoms with Gasteiger partial charge in [-0.15, -0.1) is 0 Å². The zero-order valence-electron chi connectivity index (χ0n) is 18.9. The SMILES string of the molecule is COC(=O)c1ccc2c(C(C)=O)cn(CC(=O)N3CCCC3NCc3cccc(Cl)c3F)c2c1. The molecular weight excluding hydrogens is 461 g/mol. The molecule has 4 rings (SSSR count). The molecule has 1 N–H and O–H groups in total. The van der Waals surface area contributed by atoms with Gasteiger partial charge in [0.15, 0.2) is 5.78 Å². The molecule has 1 amide bonds. The maximum atomic E-state index is 14.2. The summed E-state index contributed by atoms with van der Waals surface area (Å²) in [5.41, 5.74) is 1.85. The molecule has 1 aromatic heterocycles. The Morgan fingerprint density at radius 3 is 2.76 bits per heavy atom. The van der Waals surface area contributed by atoms with Gasteiger partial charge in [0.2, 0.25) is 5.91 Å². The van der Waals surface area contributed by atoms with E-state index in [1.807, 2.05) is 0 Å². The first-order valence-corrected chi connectivity index (χ1v) is 11.4. The topological polar surface area (TPSA) is 80.6 Å². The number of fused-ring (bicyclic) bond motifs is 1. The number of nitrogens with zero attached hydrogens (tertiary/aromatic N) is 2. The monoisotopic (exact) mass is 485 g/mol. The molecule has 1 unspecified atom stereocenters. The number of esters is 1. The van der Waals surface area contributed by atoms with Gasteiger partial charge in [0, 0.05) is 35.8 Å². The molecule has 1 saturated heterocycles. The quantitative estimate of drug-likeness (QED) is 0.401. The van der Waals surface area contributed by atoms with Crippen LogP contribution in [0.2, 0.25) is 5.02 Å². The average Bonchev–Trinajstić information content (AvgIpc) is 3.44. The van der Waals surface area contributed by atoms with Crippen LogP contribution in [0.1, 0.15) is 46.0 Å². The van der Waals surface area contributed by atoms with Crippen molar-refractivity contribution < 1.29 is 23.5 Å². The number of aromatic nitrogens is 1. The number of rotatable bonds is 7. The lowest BCUT2D eigenvalue weighted by molar-refractivity contribution is -0.133. The molecule has 34 heavy (non-hydrogen) atoms. The number of Topliss-reactive ketones (excluding diaryl/α,β-unsaturated/α-hetero) is 1. The minimum absolute atomic E-state index is 0.00187. The zero-order chi connectivity index (χ0) is 24.4. The number of hydrogen-bond donors (Lipinski definition) is 1. The van der Waals surface area contributed by atoms with Gasteiger partial charge in [-0.2, -0.15) is 0 Å². The van der Waals surface area contributed by atoms with Crippen molar-refractivity contribution in [3.05, 3.63) is 70.1 Å². The van der Waals surface area contributed by atoms with E-state index in [-0.39, 0.29) is 36.0 Å². The smallest absolute Gasteiger partial charge is 0.337 e. The summed E-state index contributed by atoms with van der Waals surface area (Å²) in [5.74, 6) is -1.24. The summed E-state index contributed by atoms with van der Waals surface area (Å²) in [7, 11) is 1.30. The van der Waals surface area contributed by atoms with E-state index in [1.54, 1.807) is 46.0 Å². The number of likely N-dealkylation sites (tertiary alicyclic amines) is 1. The van der Waals surface area contributed by atoms with E-state index in [0.717, 1.165) is 12.8 Å². The number of carbonyl (C=O) groups excluding carboxylic acids is 3. The van der Waals surface area contributed by atoms with Crippen LogP contribution in [0.25, 0.3) is 10.9 Å². The number of benzene rings is 2. The summed E-state index contributed by atoms with van der Waals surface area (Å²) < 4.78 is 20.7. The number of amides is 1. The van der Waals surface area contributed by atoms with Crippen molar-refractivity contribution >= 4 is 40.2 Å². The van der Waals surface area contributed by atoms with Crippen LogP contribution in [0.15, 0.2) is 42.6 Å². The lowest BCUT2D eigenvalue weighted by atomic mass is 10.1. The second kappa shape index (κ2) is 9.95.